The number of benzene rings is 1. The first-order valence-electron chi connectivity index (χ1n) is 5.17. The summed E-state index contributed by atoms with van der Waals surface area (Å²) in [5, 5.41) is 0.837. The lowest BCUT2D eigenvalue weighted by Crippen LogP contribution is -2.30. The van der Waals surface area contributed by atoms with E-state index in [1.165, 1.54) is 0 Å². The van der Waals surface area contributed by atoms with Gasteiger partial charge in [0.25, 0.3) is 0 Å². The molecule has 0 N–H and O–H groups in total. The Morgan fingerprint density at radius 3 is 2.62 bits per heavy atom. The summed E-state index contributed by atoms with van der Waals surface area (Å²) in [6.07, 6.45) is 0. The Morgan fingerprint density at radius 2 is 2.12 bits per heavy atom. The molecule has 0 aromatic heterocycles. The van der Waals surface area contributed by atoms with Crippen LogP contribution in [0.5, 0.6) is 0 Å². The lowest BCUT2D eigenvalue weighted by Gasteiger charge is -2.24. The number of Topliss-reactive ketones (excluding diaryl/α,β-unsaturated/α-hetero) is 1. The summed E-state index contributed by atoms with van der Waals surface area (Å²) in [6.45, 7) is 0. The van der Waals surface area contributed by atoms with E-state index in [9.17, 15) is 4.79 Å². The van der Waals surface area contributed by atoms with E-state index >= 15 is 0 Å². The van der Waals surface area contributed by atoms with Crippen LogP contribution in [0.3, 0.4) is 0 Å². The van der Waals surface area contributed by atoms with Crippen LogP contribution in [0.15, 0.2) is 24.3 Å². The van der Waals surface area contributed by atoms with Gasteiger partial charge < -0.3 is 0 Å². The molecule has 2 rings (SSSR count). The van der Waals surface area contributed by atoms with Gasteiger partial charge in [-0.2, -0.15) is 0 Å². The van der Waals surface area contributed by atoms with Crippen LogP contribution >= 0.6 is 23.4 Å². The van der Waals surface area contributed by atoms with Crippen LogP contribution in [0.25, 0.3) is 0 Å². The van der Waals surface area contributed by atoms with Gasteiger partial charge in [0.2, 0.25) is 0 Å². The highest BCUT2D eigenvalue weighted by atomic mass is 35.5. The number of ketones is 1. The third-order valence-corrected chi connectivity index (χ3v) is 3.88. The van der Waals surface area contributed by atoms with Crippen molar-refractivity contribution in [1.82, 2.24) is 4.90 Å². The SMILES string of the molecule is CN(C)C(C(=O)C1CS1)c1ccccc1Cl. The number of hydrogen-bond acceptors (Lipinski definition) is 3. The van der Waals surface area contributed by atoms with E-state index in [4.69, 9.17) is 11.6 Å². The number of nitrogens with zero attached hydrogens (tertiary/aromatic N) is 1. The van der Waals surface area contributed by atoms with Crippen LogP contribution in [0.1, 0.15) is 11.6 Å². The maximum Gasteiger partial charge on any atom is 0.168 e. The molecule has 4 heteroatoms. The number of likely N-dealkylation sites (N-methyl/N-ethyl adjacent to an activating group) is 1. The van der Waals surface area contributed by atoms with Crippen molar-refractivity contribution in [3.63, 3.8) is 0 Å². The number of hydrogen-bond donors (Lipinski definition) is 0. The summed E-state index contributed by atoms with van der Waals surface area (Å²) in [7, 11) is 3.83. The van der Waals surface area contributed by atoms with Gasteiger partial charge in [0.1, 0.15) is 0 Å². The molecule has 86 valence electrons. The standard InChI is InChI=1S/C12H14ClNOS/c1-14(2)11(12(15)10-7-16-10)8-5-3-4-6-9(8)13/h3-6,10-11H,7H2,1-2H3. The van der Waals surface area contributed by atoms with Crippen LogP contribution in [0.2, 0.25) is 5.02 Å². The first kappa shape index (κ1) is 12.0. The van der Waals surface area contributed by atoms with E-state index in [0.717, 1.165) is 11.3 Å². The molecule has 0 bridgehead atoms. The molecule has 1 fully saturated rings. The maximum absolute atomic E-state index is 12.2. The van der Waals surface area contributed by atoms with Crippen molar-refractivity contribution in [3.05, 3.63) is 34.9 Å². The molecule has 0 saturated carbocycles. The molecule has 0 spiro atoms. The maximum atomic E-state index is 12.2. The van der Waals surface area contributed by atoms with Crippen molar-refractivity contribution in [2.75, 3.05) is 19.8 Å². The van der Waals surface area contributed by atoms with Crippen LogP contribution in [-0.4, -0.2) is 35.8 Å². The number of thioether (sulfide) groups is 1. The lowest BCUT2D eigenvalue weighted by molar-refractivity contribution is -0.122. The topological polar surface area (TPSA) is 20.3 Å². The van der Waals surface area contributed by atoms with Crippen LogP contribution in [-0.2, 0) is 4.79 Å². The Hall–Kier alpha value is -0.510. The second-order valence-electron chi connectivity index (χ2n) is 4.11. The fraction of sp³-hybridized carbons (Fsp3) is 0.417. The molecule has 0 radical (unpaired) electrons. The molecule has 1 aromatic carbocycles. The van der Waals surface area contributed by atoms with Crippen LogP contribution < -0.4 is 0 Å². The van der Waals surface area contributed by atoms with E-state index in [-0.39, 0.29) is 17.1 Å². The smallest absolute Gasteiger partial charge is 0.168 e. The third kappa shape index (κ3) is 2.42. The molecule has 1 heterocycles. The van der Waals surface area contributed by atoms with Gasteiger partial charge in [-0.15, -0.1) is 11.8 Å². The molecule has 2 nitrogen and oxygen atoms in total. The molecule has 1 saturated heterocycles. The molecular weight excluding hydrogens is 242 g/mol. The predicted octanol–water partition coefficient (Wildman–Crippen LogP) is 2.63. The van der Waals surface area contributed by atoms with Crippen molar-refractivity contribution in [2.45, 2.75) is 11.3 Å². The van der Waals surface area contributed by atoms with E-state index in [1.54, 1.807) is 11.8 Å². The van der Waals surface area contributed by atoms with Gasteiger partial charge >= 0.3 is 0 Å². The van der Waals surface area contributed by atoms with E-state index in [0.29, 0.717) is 5.02 Å². The first-order chi connectivity index (χ1) is 7.61. The minimum absolute atomic E-state index is 0.170. The summed E-state index contributed by atoms with van der Waals surface area (Å²) in [6, 6.07) is 7.35. The summed E-state index contributed by atoms with van der Waals surface area (Å²) in [5.41, 5.74) is 0.909. The molecule has 0 aliphatic carbocycles. The van der Waals surface area contributed by atoms with Gasteiger partial charge in [-0.3, -0.25) is 9.69 Å². The Morgan fingerprint density at radius 1 is 1.50 bits per heavy atom. The van der Waals surface area contributed by atoms with Crippen molar-refractivity contribution < 1.29 is 4.79 Å². The van der Waals surface area contributed by atoms with Gasteiger partial charge in [0, 0.05) is 10.8 Å². The van der Waals surface area contributed by atoms with Crippen molar-refractivity contribution >= 4 is 29.1 Å². The summed E-state index contributed by atoms with van der Waals surface area (Å²) in [4.78, 5) is 14.1. The normalized spacial score (nSPS) is 20.9. The zero-order valence-electron chi connectivity index (χ0n) is 9.31. The Balaban J connectivity index is 2.32. The van der Waals surface area contributed by atoms with Crippen LogP contribution in [0, 0.1) is 0 Å². The number of carbonyl (C=O) groups excluding carboxylic acids is 1. The molecule has 2 unspecified atom stereocenters. The second kappa shape index (κ2) is 4.78. The average Bonchev–Trinajstić information content (AvgIpc) is 3.04. The van der Waals surface area contributed by atoms with Crippen molar-refractivity contribution in [2.24, 2.45) is 0 Å². The molecule has 1 aliphatic heterocycles. The molecule has 0 amide bonds. The van der Waals surface area contributed by atoms with Gasteiger partial charge in [-0.25, -0.2) is 0 Å². The number of carbonyl (C=O) groups is 1. The summed E-state index contributed by atoms with van der Waals surface area (Å²) >= 11 is 7.85. The van der Waals surface area contributed by atoms with Crippen molar-refractivity contribution in [1.29, 1.82) is 0 Å². The molecule has 16 heavy (non-hydrogen) atoms. The largest absolute Gasteiger partial charge is 0.296 e. The highest BCUT2D eigenvalue weighted by molar-refractivity contribution is 8.07. The average molecular weight is 256 g/mol. The molecule has 1 aliphatic rings. The monoisotopic (exact) mass is 255 g/mol. The fourth-order valence-corrected chi connectivity index (χ4v) is 2.56. The number of halogens is 1. The zero-order chi connectivity index (χ0) is 11.7. The summed E-state index contributed by atoms with van der Waals surface area (Å²) < 4.78 is 0. The summed E-state index contributed by atoms with van der Waals surface area (Å²) in [5.74, 6) is 1.22. The highest BCUT2D eigenvalue weighted by Crippen LogP contribution is 2.37. The zero-order valence-corrected chi connectivity index (χ0v) is 10.9. The predicted molar refractivity (Wildman–Crippen MR) is 69.1 cm³/mol. The van der Waals surface area contributed by atoms with Gasteiger partial charge in [0.05, 0.1) is 11.3 Å². The van der Waals surface area contributed by atoms with Crippen LogP contribution in [0.4, 0.5) is 0 Å². The Bertz CT molecular complexity index is 404. The van der Waals surface area contributed by atoms with Gasteiger partial charge in [-0.05, 0) is 25.7 Å². The first-order valence-corrected chi connectivity index (χ1v) is 6.60. The Labute approximate surface area is 105 Å². The van der Waals surface area contributed by atoms with Gasteiger partial charge in [0.15, 0.2) is 5.78 Å². The minimum Gasteiger partial charge on any atom is -0.296 e. The highest BCUT2D eigenvalue weighted by Gasteiger charge is 2.38. The molecule has 1 aromatic rings. The van der Waals surface area contributed by atoms with E-state index in [1.807, 2.05) is 43.3 Å². The fourth-order valence-electron chi connectivity index (χ4n) is 1.77. The quantitative estimate of drug-likeness (QED) is 0.772. The number of rotatable bonds is 4. The molecular formula is C12H14ClNOS. The Kier molecular flexibility index (Phi) is 3.57. The van der Waals surface area contributed by atoms with Crippen molar-refractivity contribution in [3.8, 4) is 0 Å². The third-order valence-electron chi connectivity index (χ3n) is 2.64. The van der Waals surface area contributed by atoms with E-state index < -0.39 is 0 Å². The second-order valence-corrected chi connectivity index (χ2v) is 5.75. The lowest BCUT2D eigenvalue weighted by atomic mass is 10.00. The van der Waals surface area contributed by atoms with Gasteiger partial charge in [-0.1, -0.05) is 29.8 Å². The van der Waals surface area contributed by atoms with E-state index in [2.05, 4.69) is 0 Å². The minimum atomic E-state index is -0.214. The molecule has 2 atom stereocenters.